The number of carbonyl (C=O) groups is 1. The number of H-pyrrole nitrogens is 1. The summed E-state index contributed by atoms with van der Waals surface area (Å²) in [5, 5.41) is 8.56. The topological polar surface area (TPSA) is 117 Å². The Hall–Kier alpha value is -3.20. The van der Waals surface area contributed by atoms with Crippen LogP contribution in [0.25, 0.3) is 22.2 Å². The molecule has 28 heavy (non-hydrogen) atoms. The maximum atomic E-state index is 11.6. The number of benzene rings is 1. The third kappa shape index (κ3) is 4.20. The predicted molar refractivity (Wildman–Crippen MR) is 107 cm³/mol. The van der Waals surface area contributed by atoms with Gasteiger partial charge in [-0.2, -0.15) is 0 Å². The lowest BCUT2D eigenvalue weighted by atomic mass is 10.1. The number of nitrogens with one attached hydrogen (secondary N) is 4. The number of anilines is 2. The normalized spacial score (nSPS) is 16.2. The third-order valence-electron chi connectivity index (χ3n) is 4.55. The van der Waals surface area contributed by atoms with Gasteiger partial charge in [-0.05, 0) is 37.5 Å². The number of carbonyl (C=O) groups excluding carboxylic acids is 1. The Kier molecular flexibility index (Phi) is 5.34. The van der Waals surface area contributed by atoms with Crippen LogP contribution < -0.4 is 16.0 Å². The van der Waals surface area contributed by atoms with Crippen LogP contribution in [0.3, 0.4) is 0 Å². The summed E-state index contributed by atoms with van der Waals surface area (Å²) in [6.45, 7) is 3.97. The monoisotopic (exact) mass is 381 g/mol. The fourth-order valence-electron chi connectivity index (χ4n) is 3.14. The second kappa shape index (κ2) is 8.22. The Labute approximate surface area is 162 Å². The Morgan fingerprint density at radius 2 is 2.14 bits per heavy atom. The van der Waals surface area contributed by atoms with Gasteiger partial charge >= 0.3 is 6.03 Å². The molecule has 1 unspecified atom stereocenters. The minimum Gasteiger partial charge on any atom is -0.376 e. The first-order valence-electron chi connectivity index (χ1n) is 9.44. The van der Waals surface area contributed by atoms with E-state index in [1.807, 2.05) is 25.1 Å². The van der Waals surface area contributed by atoms with E-state index in [9.17, 15) is 4.79 Å². The molecule has 0 bridgehead atoms. The van der Waals surface area contributed by atoms with Gasteiger partial charge in [-0.3, -0.25) is 5.32 Å². The quantitative estimate of drug-likeness (QED) is 0.522. The molecule has 0 aliphatic carbocycles. The van der Waals surface area contributed by atoms with Crippen LogP contribution in [0.2, 0.25) is 0 Å². The molecule has 1 fully saturated rings. The zero-order chi connectivity index (χ0) is 19.3. The number of hydrogen-bond acceptors (Lipinski definition) is 6. The molecule has 0 spiro atoms. The largest absolute Gasteiger partial charge is 0.376 e. The molecule has 1 saturated heterocycles. The van der Waals surface area contributed by atoms with Crippen molar-refractivity contribution in [3.63, 3.8) is 0 Å². The summed E-state index contributed by atoms with van der Waals surface area (Å²) in [4.78, 5) is 27.9. The molecule has 1 aromatic carbocycles. The zero-order valence-corrected chi connectivity index (χ0v) is 15.7. The van der Waals surface area contributed by atoms with Gasteiger partial charge in [-0.15, -0.1) is 0 Å². The SMILES string of the molecule is CCNC(=O)Nc1nc2cc(-c3cnc(NCC4CCCO4)nc3)ccc2[nH]1. The van der Waals surface area contributed by atoms with Gasteiger partial charge in [-0.1, -0.05) is 6.07 Å². The number of ether oxygens (including phenoxy) is 1. The van der Waals surface area contributed by atoms with Gasteiger partial charge in [0.1, 0.15) is 0 Å². The van der Waals surface area contributed by atoms with Crippen molar-refractivity contribution >= 4 is 29.0 Å². The van der Waals surface area contributed by atoms with Crippen LogP contribution in [0.4, 0.5) is 16.7 Å². The van der Waals surface area contributed by atoms with Crippen molar-refractivity contribution in [2.24, 2.45) is 0 Å². The number of aromatic amines is 1. The maximum Gasteiger partial charge on any atom is 0.321 e. The summed E-state index contributed by atoms with van der Waals surface area (Å²) in [6, 6.07) is 5.53. The highest BCUT2D eigenvalue weighted by atomic mass is 16.5. The highest BCUT2D eigenvalue weighted by molar-refractivity contribution is 5.90. The van der Waals surface area contributed by atoms with Crippen LogP contribution in [0.15, 0.2) is 30.6 Å². The number of fused-ring (bicyclic) bond motifs is 1. The van der Waals surface area contributed by atoms with Crippen molar-refractivity contribution in [1.82, 2.24) is 25.3 Å². The minimum absolute atomic E-state index is 0.243. The summed E-state index contributed by atoms with van der Waals surface area (Å²) in [7, 11) is 0. The number of rotatable bonds is 6. The van der Waals surface area contributed by atoms with Gasteiger partial charge < -0.3 is 20.4 Å². The summed E-state index contributed by atoms with van der Waals surface area (Å²) in [5.41, 5.74) is 3.44. The molecule has 0 radical (unpaired) electrons. The van der Waals surface area contributed by atoms with Crippen LogP contribution in [-0.2, 0) is 4.74 Å². The number of urea groups is 1. The Balaban J connectivity index is 1.44. The van der Waals surface area contributed by atoms with Gasteiger partial charge in [0.25, 0.3) is 0 Å². The van der Waals surface area contributed by atoms with E-state index in [0.29, 0.717) is 18.4 Å². The highest BCUT2D eigenvalue weighted by Gasteiger charge is 2.15. The second-order valence-electron chi connectivity index (χ2n) is 6.61. The van der Waals surface area contributed by atoms with E-state index < -0.39 is 0 Å². The predicted octanol–water partition coefficient (Wildman–Crippen LogP) is 2.75. The number of nitrogens with zero attached hydrogens (tertiary/aromatic N) is 3. The Morgan fingerprint density at radius 1 is 1.29 bits per heavy atom. The second-order valence-corrected chi connectivity index (χ2v) is 6.61. The number of imidazole rings is 1. The van der Waals surface area contributed by atoms with Crippen LogP contribution in [0.5, 0.6) is 0 Å². The number of aromatic nitrogens is 4. The lowest BCUT2D eigenvalue weighted by Crippen LogP contribution is -2.28. The average molecular weight is 381 g/mol. The summed E-state index contributed by atoms with van der Waals surface area (Å²) in [5.74, 6) is 0.997. The fraction of sp³-hybridized carbons (Fsp3) is 0.368. The standard InChI is InChI=1S/C19H23N7O2/c1-2-20-19(27)26-18-24-15-6-5-12(8-16(15)25-18)13-9-21-17(22-10-13)23-11-14-4-3-7-28-14/h5-6,8-10,14H,2-4,7,11H2,1H3,(H,21,22,23)(H3,20,24,25,26,27). The van der Waals surface area contributed by atoms with Crippen LogP contribution >= 0.6 is 0 Å². The van der Waals surface area contributed by atoms with Crippen LogP contribution in [-0.4, -0.2) is 51.8 Å². The molecule has 9 heteroatoms. The molecule has 1 atom stereocenters. The molecule has 3 aromatic rings. The molecular formula is C19H23N7O2. The highest BCUT2D eigenvalue weighted by Crippen LogP contribution is 2.24. The van der Waals surface area contributed by atoms with Crippen molar-refractivity contribution in [3.05, 3.63) is 30.6 Å². The van der Waals surface area contributed by atoms with E-state index in [2.05, 4.69) is 35.9 Å². The maximum absolute atomic E-state index is 11.6. The van der Waals surface area contributed by atoms with E-state index in [1.165, 1.54) is 0 Å². The van der Waals surface area contributed by atoms with Gasteiger partial charge in [0, 0.05) is 37.7 Å². The Bertz CT molecular complexity index is 949. The first-order chi connectivity index (χ1) is 13.7. The molecule has 9 nitrogen and oxygen atoms in total. The molecule has 1 aliphatic rings. The molecule has 4 rings (SSSR count). The first kappa shape index (κ1) is 18.2. The van der Waals surface area contributed by atoms with Crippen molar-refractivity contribution in [1.29, 1.82) is 0 Å². The van der Waals surface area contributed by atoms with Gasteiger partial charge in [-0.25, -0.2) is 19.7 Å². The summed E-state index contributed by atoms with van der Waals surface area (Å²) >= 11 is 0. The average Bonchev–Trinajstić information content (AvgIpc) is 3.35. The van der Waals surface area contributed by atoms with Crippen LogP contribution in [0, 0.1) is 0 Å². The smallest absolute Gasteiger partial charge is 0.321 e. The fourth-order valence-corrected chi connectivity index (χ4v) is 3.14. The van der Waals surface area contributed by atoms with Gasteiger partial charge in [0.05, 0.1) is 17.1 Å². The van der Waals surface area contributed by atoms with Gasteiger partial charge in [0.15, 0.2) is 0 Å². The van der Waals surface area contributed by atoms with E-state index in [4.69, 9.17) is 4.74 Å². The molecule has 4 N–H and O–H groups in total. The molecule has 1 aliphatic heterocycles. The van der Waals surface area contributed by atoms with E-state index in [1.54, 1.807) is 12.4 Å². The molecule has 0 saturated carbocycles. The molecule has 2 amide bonds. The molecule has 2 aromatic heterocycles. The Morgan fingerprint density at radius 3 is 2.89 bits per heavy atom. The van der Waals surface area contributed by atoms with E-state index >= 15 is 0 Å². The van der Waals surface area contributed by atoms with Crippen LogP contribution in [0.1, 0.15) is 19.8 Å². The minimum atomic E-state index is -0.290. The molecule has 3 heterocycles. The van der Waals surface area contributed by atoms with Gasteiger partial charge in [0.2, 0.25) is 11.9 Å². The van der Waals surface area contributed by atoms with Crippen molar-refractivity contribution in [2.45, 2.75) is 25.9 Å². The van der Waals surface area contributed by atoms with E-state index in [-0.39, 0.29) is 12.1 Å². The third-order valence-corrected chi connectivity index (χ3v) is 4.55. The number of hydrogen-bond donors (Lipinski definition) is 4. The molecule has 146 valence electrons. The number of amides is 2. The van der Waals surface area contributed by atoms with Crippen molar-refractivity contribution in [2.75, 3.05) is 30.3 Å². The summed E-state index contributed by atoms with van der Waals surface area (Å²) < 4.78 is 5.59. The lowest BCUT2D eigenvalue weighted by molar-refractivity contribution is 0.120. The zero-order valence-electron chi connectivity index (χ0n) is 15.7. The lowest BCUT2D eigenvalue weighted by Gasteiger charge is -2.10. The summed E-state index contributed by atoms with van der Waals surface area (Å²) in [6.07, 6.45) is 6.00. The first-order valence-corrected chi connectivity index (χ1v) is 9.44. The van der Waals surface area contributed by atoms with E-state index in [0.717, 1.165) is 48.2 Å². The van der Waals surface area contributed by atoms with Crippen molar-refractivity contribution in [3.8, 4) is 11.1 Å². The molecular weight excluding hydrogens is 358 g/mol. The van der Waals surface area contributed by atoms with Crippen molar-refractivity contribution < 1.29 is 9.53 Å².